The third kappa shape index (κ3) is 2.79. The molecule has 0 atom stereocenters. The summed E-state index contributed by atoms with van der Waals surface area (Å²) in [5.41, 5.74) is 0.991. The molecule has 0 N–H and O–H groups in total. The number of carbonyl (C=O) groups excluding carboxylic acids is 1. The van der Waals surface area contributed by atoms with Crippen molar-refractivity contribution >= 4 is 17.5 Å². The Morgan fingerprint density at radius 1 is 1.17 bits per heavy atom. The van der Waals surface area contributed by atoms with Crippen molar-refractivity contribution in [2.45, 2.75) is 23.6 Å². The van der Waals surface area contributed by atoms with Gasteiger partial charge in [0.15, 0.2) is 5.78 Å². The minimum atomic E-state index is -0.336. The molecular formula is C15H13FOS. The van der Waals surface area contributed by atoms with E-state index in [1.54, 1.807) is 13.0 Å². The summed E-state index contributed by atoms with van der Waals surface area (Å²) in [7, 11) is 0. The lowest BCUT2D eigenvalue weighted by Crippen LogP contribution is -1.98. The standard InChI is InChI=1S/C15H13FOS/c1-10-8-15(13(11(2)17)9-14(10)16)18-12-6-4-3-5-7-12/h3-9H,1-2H3. The molecule has 2 aromatic rings. The number of halogens is 1. The molecular weight excluding hydrogens is 247 g/mol. The van der Waals surface area contributed by atoms with Crippen molar-refractivity contribution < 1.29 is 9.18 Å². The average Bonchev–Trinajstić information content (AvgIpc) is 2.34. The van der Waals surface area contributed by atoms with Crippen LogP contribution in [-0.2, 0) is 0 Å². The highest BCUT2D eigenvalue weighted by Gasteiger charge is 2.12. The first kappa shape index (κ1) is 12.8. The van der Waals surface area contributed by atoms with Crippen molar-refractivity contribution in [3.8, 4) is 0 Å². The highest BCUT2D eigenvalue weighted by molar-refractivity contribution is 7.99. The zero-order chi connectivity index (χ0) is 13.1. The average molecular weight is 260 g/mol. The predicted molar refractivity (Wildman–Crippen MR) is 71.7 cm³/mol. The molecule has 1 nitrogen and oxygen atoms in total. The molecule has 2 rings (SSSR count). The van der Waals surface area contributed by atoms with Gasteiger partial charge in [0.2, 0.25) is 0 Å². The van der Waals surface area contributed by atoms with Gasteiger partial charge in [-0.2, -0.15) is 0 Å². The first-order valence-electron chi connectivity index (χ1n) is 5.62. The molecule has 0 fully saturated rings. The molecule has 0 bridgehead atoms. The van der Waals surface area contributed by atoms with Crippen LogP contribution in [0.5, 0.6) is 0 Å². The van der Waals surface area contributed by atoms with Gasteiger partial charge in [-0.05, 0) is 43.7 Å². The molecule has 0 aliphatic rings. The van der Waals surface area contributed by atoms with Gasteiger partial charge in [-0.3, -0.25) is 4.79 Å². The SMILES string of the molecule is CC(=O)c1cc(F)c(C)cc1Sc1ccccc1. The Labute approximate surface area is 110 Å². The Bertz CT molecular complexity index is 579. The Hall–Kier alpha value is -1.61. The summed E-state index contributed by atoms with van der Waals surface area (Å²) in [6.45, 7) is 3.16. The topological polar surface area (TPSA) is 17.1 Å². The number of hydrogen-bond donors (Lipinski definition) is 0. The van der Waals surface area contributed by atoms with Crippen LogP contribution in [0.4, 0.5) is 4.39 Å². The van der Waals surface area contributed by atoms with E-state index in [1.807, 2.05) is 30.3 Å². The second kappa shape index (κ2) is 5.36. The molecule has 0 saturated carbocycles. The van der Waals surface area contributed by atoms with E-state index < -0.39 is 0 Å². The molecule has 3 heteroatoms. The number of benzene rings is 2. The lowest BCUT2D eigenvalue weighted by atomic mass is 10.1. The summed E-state index contributed by atoms with van der Waals surface area (Å²) in [6, 6.07) is 12.8. The number of aryl methyl sites for hydroxylation is 1. The zero-order valence-electron chi connectivity index (χ0n) is 10.2. The molecule has 0 unspecified atom stereocenters. The highest BCUT2D eigenvalue weighted by atomic mass is 32.2. The van der Waals surface area contributed by atoms with Gasteiger partial charge >= 0.3 is 0 Å². The van der Waals surface area contributed by atoms with Crippen LogP contribution in [-0.4, -0.2) is 5.78 Å². The number of ketones is 1. The molecule has 92 valence electrons. The maximum absolute atomic E-state index is 13.5. The number of hydrogen-bond acceptors (Lipinski definition) is 2. The van der Waals surface area contributed by atoms with Crippen molar-refractivity contribution in [2.75, 3.05) is 0 Å². The second-order valence-electron chi connectivity index (χ2n) is 4.07. The van der Waals surface area contributed by atoms with E-state index >= 15 is 0 Å². The van der Waals surface area contributed by atoms with Gasteiger partial charge in [0.1, 0.15) is 5.82 Å². The lowest BCUT2D eigenvalue weighted by Gasteiger charge is -2.09. The fraction of sp³-hybridized carbons (Fsp3) is 0.133. The van der Waals surface area contributed by atoms with Gasteiger partial charge in [0.25, 0.3) is 0 Å². The van der Waals surface area contributed by atoms with E-state index in [1.165, 1.54) is 24.8 Å². The maximum Gasteiger partial charge on any atom is 0.161 e. The molecule has 0 radical (unpaired) electrons. The van der Waals surface area contributed by atoms with E-state index in [0.29, 0.717) is 11.1 Å². The Balaban J connectivity index is 2.43. The van der Waals surface area contributed by atoms with E-state index in [2.05, 4.69) is 0 Å². The number of rotatable bonds is 3. The second-order valence-corrected chi connectivity index (χ2v) is 5.18. The van der Waals surface area contributed by atoms with Gasteiger partial charge in [-0.1, -0.05) is 30.0 Å². The van der Waals surface area contributed by atoms with Crippen LogP contribution in [0.1, 0.15) is 22.8 Å². The molecule has 0 heterocycles. The highest BCUT2D eigenvalue weighted by Crippen LogP contribution is 2.32. The van der Waals surface area contributed by atoms with Crippen molar-refractivity contribution in [2.24, 2.45) is 0 Å². The van der Waals surface area contributed by atoms with Gasteiger partial charge < -0.3 is 0 Å². The third-order valence-electron chi connectivity index (χ3n) is 2.61. The number of Topliss-reactive ketones (excluding diaryl/α,β-unsaturated/α-hetero) is 1. The molecule has 0 aliphatic carbocycles. The van der Waals surface area contributed by atoms with Crippen LogP contribution >= 0.6 is 11.8 Å². The van der Waals surface area contributed by atoms with Gasteiger partial charge in [0, 0.05) is 15.4 Å². The molecule has 0 aromatic heterocycles. The van der Waals surface area contributed by atoms with E-state index in [4.69, 9.17) is 0 Å². The van der Waals surface area contributed by atoms with Crippen LogP contribution in [0, 0.1) is 12.7 Å². The minimum absolute atomic E-state index is 0.118. The predicted octanol–water partition coefficient (Wildman–Crippen LogP) is 4.49. The smallest absolute Gasteiger partial charge is 0.161 e. The summed E-state index contributed by atoms with van der Waals surface area (Å²) in [4.78, 5) is 13.4. The molecule has 0 amide bonds. The van der Waals surface area contributed by atoms with Crippen molar-refractivity contribution in [1.82, 2.24) is 0 Å². The maximum atomic E-state index is 13.5. The molecule has 0 saturated heterocycles. The third-order valence-corrected chi connectivity index (χ3v) is 3.68. The Morgan fingerprint density at radius 2 is 1.83 bits per heavy atom. The Morgan fingerprint density at radius 3 is 2.44 bits per heavy atom. The first-order chi connectivity index (χ1) is 8.58. The Kier molecular flexibility index (Phi) is 3.82. The summed E-state index contributed by atoms with van der Waals surface area (Å²) in [6.07, 6.45) is 0. The van der Waals surface area contributed by atoms with Crippen molar-refractivity contribution in [1.29, 1.82) is 0 Å². The van der Waals surface area contributed by atoms with E-state index in [0.717, 1.165) is 9.79 Å². The summed E-state index contributed by atoms with van der Waals surface area (Å²) >= 11 is 1.48. The van der Waals surface area contributed by atoms with E-state index in [-0.39, 0.29) is 11.6 Å². The van der Waals surface area contributed by atoms with E-state index in [9.17, 15) is 9.18 Å². The summed E-state index contributed by atoms with van der Waals surface area (Å²) in [5.74, 6) is -0.454. The zero-order valence-corrected chi connectivity index (χ0v) is 11.1. The first-order valence-corrected chi connectivity index (χ1v) is 6.43. The monoisotopic (exact) mass is 260 g/mol. The normalized spacial score (nSPS) is 10.4. The summed E-state index contributed by atoms with van der Waals surface area (Å²) < 4.78 is 13.5. The largest absolute Gasteiger partial charge is 0.294 e. The van der Waals surface area contributed by atoms with Gasteiger partial charge in [-0.15, -0.1) is 0 Å². The number of carbonyl (C=O) groups is 1. The van der Waals surface area contributed by atoms with Crippen molar-refractivity contribution in [3.05, 3.63) is 59.4 Å². The molecule has 0 aliphatic heterocycles. The fourth-order valence-corrected chi connectivity index (χ4v) is 2.73. The molecule has 2 aromatic carbocycles. The van der Waals surface area contributed by atoms with Crippen LogP contribution in [0.25, 0.3) is 0 Å². The van der Waals surface area contributed by atoms with Crippen LogP contribution < -0.4 is 0 Å². The van der Waals surface area contributed by atoms with Crippen LogP contribution in [0.2, 0.25) is 0 Å². The molecule has 18 heavy (non-hydrogen) atoms. The van der Waals surface area contributed by atoms with Crippen LogP contribution in [0.15, 0.2) is 52.3 Å². The molecule has 0 spiro atoms. The summed E-state index contributed by atoms with van der Waals surface area (Å²) in [5, 5.41) is 0. The minimum Gasteiger partial charge on any atom is -0.294 e. The fourth-order valence-electron chi connectivity index (χ4n) is 1.63. The van der Waals surface area contributed by atoms with Gasteiger partial charge in [0.05, 0.1) is 0 Å². The van der Waals surface area contributed by atoms with Crippen LogP contribution in [0.3, 0.4) is 0 Å². The van der Waals surface area contributed by atoms with Crippen molar-refractivity contribution in [3.63, 3.8) is 0 Å². The van der Waals surface area contributed by atoms with Gasteiger partial charge in [-0.25, -0.2) is 4.39 Å². The lowest BCUT2D eigenvalue weighted by molar-refractivity contribution is 0.101. The quantitative estimate of drug-likeness (QED) is 0.756.